The molecule has 1 aliphatic heterocycles. The Kier molecular flexibility index (Phi) is 5.86. The van der Waals surface area contributed by atoms with Crippen LogP contribution in [0.1, 0.15) is 32.3 Å². The molecule has 2 rings (SSSR count). The van der Waals surface area contributed by atoms with E-state index in [-0.39, 0.29) is 6.10 Å². The van der Waals surface area contributed by atoms with Crippen molar-refractivity contribution in [3.8, 4) is 5.75 Å². The molecule has 0 unspecified atom stereocenters. The zero-order chi connectivity index (χ0) is 14.4. The summed E-state index contributed by atoms with van der Waals surface area (Å²) in [5.74, 6) is 0.974. The number of hydrogen-bond donors (Lipinski definition) is 0. The molecule has 1 aromatic rings. The quantitative estimate of drug-likeness (QED) is 0.796. The van der Waals surface area contributed by atoms with Crippen LogP contribution in [0.4, 0.5) is 0 Å². The second-order valence-corrected chi connectivity index (χ2v) is 5.82. The van der Waals surface area contributed by atoms with Crippen molar-refractivity contribution in [2.45, 2.75) is 45.8 Å². The smallest absolute Gasteiger partial charge is 0.119 e. The fourth-order valence-corrected chi connectivity index (χ4v) is 2.58. The SMILES string of the molecule is Cc1ccc(O[C@@H](C)CC[C@@H](C)N2CCOCC2)cc1. The third-order valence-corrected chi connectivity index (χ3v) is 4.02. The Morgan fingerprint density at radius 3 is 2.40 bits per heavy atom. The lowest BCUT2D eigenvalue weighted by molar-refractivity contribution is 0.0164. The second kappa shape index (κ2) is 7.65. The Bertz CT molecular complexity index is 384. The van der Waals surface area contributed by atoms with E-state index in [0.717, 1.165) is 38.5 Å². The highest BCUT2D eigenvalue weighted by Crippen LogP contribution is 2.17. The van der Waals surface area contributed by atoms with Crippen molar-refractivity contribution < 1.29 is 9.47 Å². The summed E-state index contributed by atoms with van der Waals surface area (Å²) < 4.78 is 11.4. The Labute approximate surface area is 122 Å². The normalized spacial score (nSPS) is 19.6. The Morgan fingerprint density at radius 1 is 1.10 bits per heavy atom. The van der Waals surface area contributed by atoms with E-state index in [1.807, 2.05) is 0 Å². The number of rotatable bonds is 6. The van der Waals surface area contributed by atoms with Gasteiger partial charge in [0.2, 0.25) is 0 Å². The van der Waals surface area contributed by atoms with Crippen LogP contribution in [0.25, 0.3) is 0 Å². The first-order valence-electron chi connectivity index (χ1n) is 7.70. The number of aryl methyl sites for hydroxylation is 1. The highest BCUT2D eigenvalue weighted by atomic mass is 16.5. The first kappa shape index (κ1) is 15.3. The molecule has 0 amide bonds. The maximum Gasteiger partial charge on any atom is 0.119 e. The van der Waals surface area contributed by atoms with Gasteiger partial charge in [-0.3, -0.25) is 4.90 Å². The van der Waals surface area contributed by atoms with E-state index in [1.54, 1.807) is 0 Å². The number of ether oxygens (including phenoxy) is 2. The lowest BCUT2D eigenvalue weighted by Gasteiger charge is -2.32. The zero-order valence-corrected chi connectivity index (χ0v) is 13.0. The summed E-state index contributed by atoms with van der Waals surface area (Å²) in [5, 5.41) is 0. The molecule has 1 aliphatic rings. The topological polar surface area (TPSA) is 21.7 Å². The molecular formula is C17H27NO2. The van der Waals surface area contributed by atoms with Crippen molar-refractivity contribution in [2.75, 3.05) is 26.3 Å². The first-order chi connectivity index (χ1) is 9.65. The van der Waals surface area contributed by atoms with Crippen LogP contribution in [0.2, 0.25) is 0 Å². The van der Waals surface area contributed by atoms with Crippen molar-refractivity contribution in [2.24, 2.45) is 0 Å². The van der Waals surface area contributed by atoms with Crippen LogP contribution < -0.4 is 4.74 Å². The summed E-state index contributed by atoms with van der Waals surface area (Å²) in [5.41, 5.74) is 1.27. The third-order valence-electron chi connectivity index (χ3n) is 4.02. The van der Waals surface area contributed by atoms with E-state index in [1.165, 1.54) is 12.0 Å². The van der Waals surface area contributed by atoms with Gasteiger partial charge in [0.05, 0.1) is 19.3 Å². The number of nitrogens with zero attached hydrogens (tertiary/aromatic N) is 1. The summed E-state index contributed by atoms with van der Waals surface area (Å²) in [6, 6.07) is 8.91. The summed E-state index contributed by atoms with van der Waals surface area (Å²) in [4.78, 5) is 2.52. The predicted octanol–water partition coefficient (Wildman–Crippen LogP) is 3.26. The van der Waals surface area contributed by atoms with Crippen LogP contribution in [0.15, 0.2) is 24.3 Å². The molecular weight excluding hydrogens is 250 g/mol. The maximum absolute atomic E-state index is 5.96. The molecule has 0 aliphatic carbocycles. The highest BCUT2D eigenvalue weighted by molar-refractivity contribution is 5.26. The van der Waals surface area contributed by atoms with Crippen molar-refractivity contribution in [1.82, 2.24) is 4.90 Å². The minimum absolute atomic E-state index is 0.265. The molecule has 1 fully saturated rings. The lowest BCUT2D eigenvalue weighted by atomic mass is 10.1. The molecule has 0 radical (unpaired) electrons. The predicted molar refractivity (Wildman–Crippen MR) is 82.4 cm³/mol. The van der Waals surface area contributed by atoms with E-state index < -0.39 is 0 Å². The Morgan fingerprint density at radius 2 is 1.75 bits per heavy atom. The third kappa shape index (κ3) is 4.80. The average Bonchev–Trinajstić information content (AvgIpc) is 2.48. The van der Waals surface area contributed by atoms with Crippen LogP contribution in [0.3, 0.4) is 0 Å². The highest BCUT2D eigenvalue weighted by Gasteiger charge is 2.17. The van der Waals surface area contributed by atoms with Crippen LogP contribution in [-0.2, 0) is 4.74 Å². The molecule has 1 saturated heterocycles. The zero-order valence-electron chi connectivity index (χ0n) is 13.0. The van der Waals surface area contributed by atoms with Gasteiger partial charge in [0.15, 0.2) is 0 Å². The van der Waals surface area contributed by atoms with Gasteiger partial charge < -0.3 is 9.47 Å². The van der Waals surface area contributed by atoms with E-state index in [0.29, 0.717) is 6.04 Å². The summed E-state index contributed by atoms with van der Waals surface area (Å²) in [6.07, 6.45) is 2.53. The van der Waals surface area contributed by atoms with Gasteiger partial charge in [-0.1, -0.05) is 17.7 Å². The standard InChI is InChI=1S/C17H27NO2/c1-14-4-8-17(9-5-14)20-16(3)7-6-15(2)18-10-12-19-13-11-18/h4-5,8-9,15-16H,6-7,10-13H2,1-3H3/t15-,16+/m1/s1. The monoisotopic (exact) mass is 277 g/mol. The minimum Gasteiger partial charge on any atom is -0.491 e. The van der Waals surface area contributed by atoms with Gasteiger partial charge in [0.25, 0.3) is 0 Å². The molecule has 0 N–H and O–H groups in total. The summed E-state index contributed by atoms with van der Waals surface area (Å²) in [7, 11) is 0. The van der Waals surface area contributed by atoms with Crippen LogP contribution in [0.5, 0.6) is 5.75 Å². The van der Waals surface area contributed by atoms with Crippen LogP contribution >= 0.6 is 0 Å². The molecule has 0 saturated carbocycles. The molecule has 112 valence electrons. The molecule has 1 aromatic carbocycles. The Balaban J connectivity index is 1.71. The lowest BCUT2D eigenvalue weighted by Crippen LogP contribution is -2.42. The van der Waals surface area contributed by atoms with Crippen molar-refractivity contribution in [3.05, 3.63) is 29.8 Å². The van der Waals surface area contributed by atoms with Gasteiger partial charge in [-0.2, -0.15) is 0 Å². The fraction of sp³-hybridized carbons (Fsp3) is 0.647. The van der Waals surface area contributed by atoms with E-state index in [4.69, 9.17) is 9.47 Å². The molecule has 0 bridgehead atoms. The van der Waals surface area contributed by atoms with Gasteiger partial charge in [-0.25, -0.2) is 0 Å². The molecule has 3 heteroatoms. The van der Waals surface area contributed by atoms with E-state index in [9.17, 15) is 0 Å². The minimum atomic E-state index is 0.265. The number of benzene rings is 1. The van der Waals surface area contributed by atoms with E-state index in [2.05, 4.69) is 49.9 Å². The van der Waals surface area contributed by atoms with Gasteiger partial charge in [0, 0.05) is 19.1 Å². The number of morpholine rings is 1. The van der Waals surface area contributed by atoms with Crippen molar-refractivity contribution >= 4 is 0 Å². The van der Waals surface area contributed by atoms with Crippen molar-refractivity contribution in [3.63, 3.8) is 0 Å². The molecule has 0 spiro atoms. The molecule has 1 heterocycles. The summed E-state index contributed by atoms with van der Waals surface area (Å²) >= 11 is 0. The average molecular weight is 277 g/mol. The number of hydrogen-bond acceptors (Lipinski definition) is 3. The Hall–Kier alpha value is -1.06. The van der Waals surface area contributed by atoms with Crippen LogP contribution in [0, 0.1) is 6.92 Å². The van der Waals surface area contributed by atoms with Gasteiger partial charge in [-0.15, -0.1) is 0 Å². The van der Waals surface area contributed by atoms with Crippen molar-refractivity contribution in [1.29, 1.82) is 0 Å². The largest absolute Gasteiger partial charge is 0.491 e. The van der Waals surface area contributed by atoms with Gasteiger partial charge in [0.1, 0.15) is 5.75 Å². The molecule has 2 atom stereocenters. The second-order valence-electron chi connectivity index (χ2n) is 5.82. The van der Waals surface area contributed by atoms with Crippen LogP contribution in [-0.4, -0.2) is 43.3 Å². The van der Waals surface area contributed by atoms with E-state index >= 15 is 0 Å². The fourth-order valence-electron chi connectivity index (χ4n) is 2.58. The maximum atomic E-state index is 5.96. The molecule has 0 aromatic heterocycles. The van der Waals surface area contributed by atoms with Gasteiger partial charge >= 0.3 is 0 Å². The van der Waals surface area contributed by atoms with Gasteiger partial charge in [-0.05, 0) is 45.7 Å². The first-order valence-corrected chi connectivity index (χ1v) is 7.70. The summed E-state index contributed by atoms with van der Waals surface area (Å²) in [6.45, 7) is 10.4. The molecule has 20 heavy (non-hydrogen) atoms. The molecule has 3 nitrogen and oxygen atoms in total.